The molecule has 0 unspecified atom stereocenters. The molecule has 0 atom stereocenters. The van der Waals surface area contributed by atoms with Gasteiger partial charge in [0.05, 0.1) is 16.4 Å². The van der Waals surface area contributed by atoms with Gasteiger partial charge in [0.2, 0.25) is 5.91 Å². The van der Waals surface area contributed by atoms with E-state index in [2.05, 4.69) is 17.1 Å². The van der Waals surface area contributed by atoms with Crippen LogP contribution in [-0.4, -0.2) is 37.4 Å². The highest BCUT2D eigenvalue weighted by Crippen LogP contribution is 2.16. The molecule has 0 spiro atoms. The fraction of sp³-hybridized carbons (Fsp3) is 0.562. The zero-order valence-electron chi connectivity index (χ0n) is 14.4. The Morgan fingerprint density at radius 2 is 1.96 bits per heavy atom. The molecule has 6 nitrogen and oxygen atoms in total. The average molecular weight is 338 g/mol. The van der Waals surface area contributed by atoms with E-state index in [1.54, 1.807) is 15.8 Å². The third-order valence-corrected chi connectivity index (χ3v) is 4.46. The predicted octanol–water partition coefficient (Wildman–Crippen LogP) is 2.73. The van der Waals surface area contributed by atoms with Gasteiger partial charge in [0.1, 0.15) is 0 Å². The molecule has 2 aromatic heterocycles. The highest BCUT2D eigenvalue weighted by Gasteiger charge is 2.16. The lowest BCUT2D eigenvalue weighted by Gasteiger charge is -2.17. The Labute approximate surface area is 142 Å². The molecule has 2 heterocycles. The van der Waals surface area contributed by atoms with Crippen LogP contribution < -0.4 is 0 Å². The first-order chi connectivity index (χ1) is 10.8. The van der Waals surface area contributed by atoms with E-state index in [1.165, 1.54) is 0 Å². The Bertz CT molecular complexity index is 684. The van der Waals surface area contributed by atoms with Gasteiger partial charge in [0.25, 0.3) is 0 Å². The van der Waals surface area contributed by atoms with Crippen LogP contribution in [0.4, 0.5) is 0 Å². The molecule has 0 aliphatic carbocycles. The molecule has 2 aromatic rings. The zero-order valence-corrected chi connectivity index (χ0v) is 15.2. The van der Waals surface area contributed by atoms with Gasteiger partial charge in [-0.1, -0.05) is 11.6 Å². The van der Waals surface area contributed by atoms with E-state index in [0.29, 0.717) is 24.5 Å². The molecule has 1 amide bonds. The number of carbonyl (C=O) groups is 1. The number of aromatic nitrogens is 4. The van der Waals surface area contributed by atoms with E-state index >= 15 is 0 Å². The lowest BCUT2D eigenvalue weighted by Crippen LogP contribution is -2.27. The number of hydrogen-bond donors (Lipinski definition) is 0. The molecule has 0 fully saturated rings. The lowest BCUT2D eigenvalue weighted by molar-refractivity contribution is -0.130. The SMILES string of the molecule is CCn1nc(C)c(CN(C)C(=O)CCn2cc(Cl)c(C)n2)c1C. The van der Waals surface area contributed by atoms with Crippen molar-refractivity contribution in [2.24, 2.45) is 0 Å². The molecule has 0 bridgehead atoms. The maximum atomic E-state index is 12.3. The van der Waals surface area contributed by atoms with E-state index in [9.17, 15) is 4.79 Å². The molecule has 0 saturated carbocycles. The summed E-state index contributed by atoms with van der Waals surface area (Å²) in [5, 5.41) is 9.39. The van der Waals surface area contributed by atoms with Crippen LogP contribution in [0.15, 0.2) is 6.20 Å². The first kappa shape index (κ1) is 17.5. The van der Waals surface area contributed by atoms with Crippen molar-refractivity contribution < 1.29 is 4.79 Å². The maximum absolute atomic E-state index is 12.3. The molecule has 7 heteroatoms. The molecule has 0 aliphatic rings. The average Bonchev–Trinajstić information content (AvgIpc) is 2.97. The van der Waals surface area contributed by atoms with Gasteiger partial charge < -0.3 is 4.90 Å². The van der Waals surface area contributed by atoms with Crippen molar-refractivity contribution in [1.82, 2.24) is 24.5 Å². The topological polar surface area (TPSA) is 56.0 Å². The van der Waals surface area contributed by atoms with Crippen LogP contribution >= 0.6 is 11.6 Å². The predicted molar refractivity (Wildman–Crippen MR) is 90.4 cm³/mol. The summed E-state index contributed by atoms with van der Waals surface area (Å²) in [7, 11) is 1.83. The smallest absolute Gasteiger partial charge is 0.224 e. The number of aryl methyl sites for hydroxylation is 4. The molecule has 0 radical (unpaired) electrons. The number of nitrogens with zero attached hydrogens (tertiary/aromatic N) is 5. The number of halogens is 1. The van der Waals surface area contributed by atoms with Gasteiger partial charge in [-0.25, -0.2) is 0 Å². The van der Waals surface area contributed by atoms with Crippen molar-refractivity contribution in [3.63, 3.8) is 0 Å². The fourth-order valence-corrected chi connectivity index (χ4v) is 2.76. The van der Waals surface area contributed by atoms with Crippen molar-refractivity contribution in [2.75, 3.05) is 7.05 Å². The zero-order chi connectivity index (χ0) is 17.1. The summed E-state index contributed by atoms with van der Waals surface area (Å²) in [6.07, 6.45) is 2.15. The Kier molecular flexibility index (Phi) is 5.46. The van der Waals surface area contributed by atoms with Crippen LogP contribution in [0, 0.1) is 20.8 Å². The second kappa shape index (κ2) is 7.17. The number of rotatable bonds is 6. The second-order valence-electron chi connectivity index (χ2n) is 5.79. The van der Waals surface area contributed by atoms with E-state index < -0.39 is 0 Å². The standard InChI is InChI=1S/C16H24ClN5O/c1-6-22-13(4)14(11(2)19-22)9-20(5)16(23)7-8-21-10-15(17)12(3)18-21/h10H,6-9H2,1-5H3. The van der Waals surface area contributed by atoms with Gasteiger partial charge in [0, 0.05) is 50.6 Å². The molecule has 2 rings (SSSR count). The molecule has 126 valence electrons. The fourth-order valence-electron chi connectivity index (χ4n) is 2.61. The van der Waals surface area contributed by atoms with Crippen LogP contribution in [-0.2, 0) is 24.4 Å². The molecule has 0 N–H and O–H groups in total. The number of hydrogen-bond acceptors (Lipinski definition) is 3. The molecule has 0 aromatic carbocycles. The van der Waals surface area contributed by atoms with Gasteiger partial charge in [0.15, 0.2) is 0 Å². The number of amides is 1. The Morgan fingerprint density at radius 1 is 1.26 bits per heavy atom. The maximum Gasteiger partial charge on any atom is 0.224 e. The lowest BCUT2D eigenvalue weighted by atomic mass is 10.2. The molecule has 0 aliphatic heterocycles. The second-order valence-corrected chi connectivity index (χ2v) is 6.20. The van der Waals surface area contributed by atoms with Gasteiger partial charge in [-0.05, 0) is 27.7 Å². The van der Waals surface area contributed by atoms with Gasteiger partial charge >= 0.3 is 0 Å². The van der Waals surface area contributed by atoms with Crippen LogP contribution in [0.3, 0.4) is 0 Å². The van der Waals surface area contributed by atoms with Crippen molar-refractivity contribution in [3.8, 4) is 0 Å². The summed E-state index contributed by atoms with van der Waals surface area (Å²) < 4.78 is 3.69. The minimum Gasteiger partial charge on any atom is -0.341 e. The minimum absolute atomic E-state index is 0.0809. The Morgan fingerprint density at radius 3 is 2.48 bits per heavy atom. The number of carbonyl (C=O) groups excluding carboxylic acids is 1. The monoisotopic (exact) mass is 337 g/mol. The van der Waals surface area contributed by atoms with E-state index in [-0.39, 0.29) is 5.91 Å². The Balaban J connectivity index is 1.96. The first-order valence-corrected chi connectivity index (χ1v) is 8.17. The first-order valence-electron chi connectivity index (χ1n) is 7.79. The highest BCUT2D eigenvalue weighted by molar-refractivity contribution is 6.31. The largest absolute Gasteiger partial charge is 0.341 e. The minimum atomic E-state index is 0.0809. The molecule has 0 saturated heterocycles. The molecular weight excluding hydrogens is 314 g/mol. The van der Waals surface area contributed by atoms with Crippen molar-refractivity contribution >= 4 is 17.5 Å². The van der Waals surface area contributed by atoms with E-state index in [0.717, 1.165) is 29.2 Å². The summed E-state index contributed by atoms with van der Waals surface area (Å²) in [6, 6.07) is 0. The quantitative estimate of drug-likeness (QED) is 0.814. The van der Waals surface area contributed by atoms with Gasteiger partial charge in [-0.3, -0.25) is 14.2 Å². The van der Waals surface area contributed by atoms with Gasteiger partial charge in [-0.15, -0.1) is 0 Å². The third kappa shape index (κ3) is 3.93. The van der Waals surface area contributed by atoms with Crippen LogP contribution in [0.2, 0.25) is 5.02 Å². The van der Waals surface area contributed by atoms with Crippen LogP contribution in [0.25, 0.3) is 0 Å². The normalized spacial score (nSPS) is 11.0. The summed E-state index contributed by atoms with van der Waals surface area (Å²) in [5.74, 6) is 0.0809. The van der Waals surface area contributed by atoms with E-state index in [1.807, 2.05) is 32.5 Å². The van der Waals surface area contributed by atoms with Crippen molar-refractivity contribution in [3.05, 3.63) is 33.9 Å². The van der Waals surface area contributed by atoms with Crippen molar-refractivity contribution in [2.45, 2.75) is 53.8 Å². The summed E-state index contributed by atoms with van der Waals surface area (Å²) in [6.45, 7) is 9.90. The molecule has 23 heavy (non-hydrogen) atoms. The Hall–Kier alpha value is -1.82. The third-order valence-electron chi connectivity index (χ3n) is 4.09. The molecular formula is C16H24ClN5O. The van der Waals surface area contributed by atoms with Crippen LogP contribution in [0.1, 0.15) is 36.0 Å². The summed E-state index contributed by atoms with van der Waals surface area (Å²) in [4.78, 5) is 14.1. The van der Waals surface area contributed by atoms with Crippen molar-refractivity contribution in [1.29, 1.82) is 0 Å². The highest BCUT2D eigenvalue weighted by atomic mass is 35.5. The summed E-state index contributed by atoms with van der Waals surface area (Å²) in [5.41, 5.74) is 4.02. The van der Waals surface area contributed by atoms with Gasteiger partial charge in [-0.2, -0.15) is 10.2 Å². The van der Waals surface area contributed by atoms with Crippen LogP contribution in [0.5, 0.6) is 0 Å². The van der Waals surface area contributed by atoms with E-state index in [4.69, 9.17) is 11.6 Å². The summed E-state index contributed by atoms with van der Waals surface area (Å²) >= 11 is 5.98.